The lowest BCUT2D eigenvalue weighted by Gasteiger charge is -2.54. The number of thiazole rings is 1. The Hall–Kier alpha value is -1.89. The van der Waals surface area contributed by atoms with Gasteiger partial charge in [0.05, 0.1) is 12.1 Å². The van der Waals surface area contributed by atoms with Gasteiger partial charge in [-0.2, -0.15) is 13.2 Å². The molecular weight excluding hydrogens is 361 g/mol. The Kier molecular flexibility index (Phi) is 4.29. The lowest BCUT2D eigenvalue weighted by atomic mass is 9.58. The average Bonchev–Trinajstić information content (AvgIpc) is 3.09. The Labute approximate surface area is 153 Å². The van der Waals surface area contributed by atoms with Gasteiger partial charge in [0.1, 0.15) is 9.88 Å². The minimum atomic E-state index is -4.18. The summed E-state index contributed by atoms with van der Waals surface area (Å²) < 4.78 is 40.2. The van der Waals surface area contributed by atoms with Gasteiger partial charge in [-0.3, -0.25) is 4.79 Å². The zero-order chi connectivity index (χ0) is 18.4. The maximum Gasteiger partial charge on any atom is 0.392 e. The number of piperidine rings is 1. The quantitative estimate of drug-likeness (QED) is 0.734. The summed E-state index contributed by atoms with van der Waals surface area (Å²) in [7, 11) is 0. The van der Waals surface area contributed by atoms with Gasteiger partial charge in [-0.25, -0.2) is 4.98 Å². The summed E-state index contributed by atoms with van der Waals surface area (Å²) in [6, 6.07) is 9.56. The number of hydrogen-bond donors (Lipinski definition) is 0. The predicted molar refractivity (Wildman–Crippen MR) is 93.9 cm³/mol. The maximum atomic E-state index is 13.4. The van der Waals surface area contributed by atoms with Crippen LogP contribution in [0.5, 0.6) is 0 Å². The van der Waals surface area contributed by atoms with Crippen molar-refractivity contribution in [1.29, 1.82) is 0 Å². The third-order valence-corrected chi connectivity index (χ3v) is 6.74. The molecule has 0 bridgehead atoms. The van der Waals surface area contributed by atoms with E-state index in [2.05, 4.69) is 4.98 Å². The molecule has 1 atom stereocenters. The van der Waals surface area contributed by atoms with E-state index in [-0.39, 0.29) is 25.4 Å². The van der Waals surface area contributed by atoms with Gasteiger partial charge in [-0.1, -0.05) is 36.8 Å². The molecule has 2 heterocycles. The molecular formula is C19H19F3N2OS. The van der Waals surface area contributed by atoms with E-state index >= 15 is 0 Å². The van der Waals surface area contributed by atoms with Crippen molar-refractivity contribution in [3.8, 4) is 10.6 Å². The molecule has 0 unspecified atom stereocenters. The Morgan fingerprint density at radius 2 is 1.96 bits per heavy atom. The number of hydrogen-bond acceptors (Lipinski definition) is 3. The smallest absolute Gasteiger partial charge is 0.337 e. The minimum Gasteiger partial charge on any atom is -0.337 e. The molecule has 138 valence electrons. The van der Waals surface area contributed by atoms with Gasteiger partial charge < -0.3 is 4.90 Å². The lowest BCUT2D eigenvalue weighted by Crippen LogP contribution is -2.57. The fourth-order valence-electron chi connectivity index (χ4n) is 4.23. The van der Waals surface area contributed by atoms with E-state index in [0.29, 0.717) is 17.7 Å². The van der Waals surface area contributed by atoms with Gasteiger partial charge in [-0.15, -0.1) is 11.3 Å². The van der Waals surface area contributed by atoms with E-state index < -0.39 is 17.5 Å². The number of alkyl halides is 3. The normalized spacial score (nSPS) is 22.3. The largest absolute Gasteiger partial charge is 0.392 e. The van der Waals surface area contributed by atoms with Crippen LogP contribution in [0.1, 0.15) is 35.4 Å². The first-order valence-corrected chi connectivity index (χ1v) is 9.58. The van der Waals surface area contributed by atoms with Crippen LogP contribution in [-0.4, -0.2) is 35.1 Å². The first-order valence-electron chi connectivity index (χ1n) is 8.76. The van der Waals surface area contributed by atoms with E-state index in [4.69, 9.17) is 0 Å². The summed E-state index contributed by atoms with van der Waals surface area (Å²) in [4.78, 5) is 19.3. The van der Waals surface area contributed by atoms with Crippen LogP contribution in [0.4, 0.5) is 13.2 Å². The highest BCUT2D eigenvalue weighted by Gasteiger charge is 2.58. The SMILES string of the molecule is O=C(c1cnc(-c2ccccc2)s1)N1CC[C@@H](C(F)(F)F)C2(CCC2)C1. The average molecular weight is 380 g/mol. The molecule has 4 rings (SSSR count). The number of nitrogens with zero attached hydrogens (tertiary/aromatic N) is 2. The zero-order valence-corrected chi connectivity index (χ0v) is 14.9. The Balaban J connectivity index is 1.52. The molecule has 1 aromatic carbocycles. The Bertz CT molecular complexity index is 799. The second-order valence-electron chi connectivity index (χ2n) is 7.22. The van der Waals surface area contributed by atoms with E-state index in [9.17, 15) is 18.0 Å². The fourth-order valence-corrected chi connectivity index (χ4v) is 5.11. The number of amides is 1. The van der Waals surface area contributed by atoms with Crippen LogP contribution in [0.25, 0.3) is 10.6 Å². The molecule has 1 aromatic heterocycles. The molecule has 2 aromatic rings. The van der Waals surface area contributed by atoms with Crippen LogP contribution >= 0.6 is 11.3 Å². The highest BCUT2D eigenvalue weighted by atomic mass is 32.1. The molecule has 0 N–H and O–H groups in total. The van der Waals surface area contributed by atoms with Crippen molar-refractivity contribution in [2.75, 3.05) is 13.1 Å². The molecule has 1 aliphatic heterocycles. The van der Waals surface area contributed by atoms with Crippen molar-refractivity contribution in [3.05, 3.63) is 41.4 Å². The molecule has 0 radical (unpaired) electrons. The number of carbonyl (C=O) groups excluding carboxylic acids is 1. The van der Waals surface area contributed by atoms with E-state index in [1.54, 1.807) is 11.1 Å². The molecule has 1 amide bonds. The van der Waals surface area contributed by atoms with Crippen molar-refractivity contribution in [3.63, 3.8) is 0 Å². The molecule has 3 nitrogen and oxygen atoms in total. The molecule has 2 aliphatic rings. The van der Waals surface area contributed by atoms with Crippen LogP contribution in [-0.2, 0) is 0 Å². The summed E-state index contributed by atoms with van der Waals surface area (Å²) in [5.74, 6) is -1.48. The van der Waals surface area contributed by atoms with Crippen LogP contribution in [0.3, 0.4) is 0 Å². The summed E-state index contributed by atoms with van der Waals surface area (Å²) in [6.45, 7) is 0.359. The summed E-state index contributed by atoms with van der Waals surface area (Å²) in [6.07, 6.45) is -0.718. The first kappa shape index (κ1) is 17.5. The van der Waals surface area contributed by atoms with Gasteiger partial charge in [0, 0.05) is 18.7 Å². The van der Waals surface area contributed by atoms with E-state index in [1.807, 2.05) is 30.3 Å². The van der Waals surface area contributed by atoms with Crippen molar-refractivity contribution < 1.29 is 18.0 Å². The second kappa shape index (κ2) is 6.37. The third kappa shape index (κ3) is 3.02. The van der Waals surface area contributed by atoms with Gasteiger partial charge in [-0.05, 0) is 24.7 Å². The van der Waals surface area contributed by atoms with Crippen LogP contribution in [0.2, 0.25) is 0 Å². The fraction of sp³-hybridized carbons (Fsp3) is 0.474. The number of likely N-dealkylation sites (tertiary alicyclic amines) is 1. The standard InChI is InChI=1S/C19H19F3N2OS/c20-19(21,22)15-7-10-24(12-18(15)8-4-9-18)17(25)14-11-23-16(26-14)13-5-2-1-3-6-13/h1-3,5-6,11,15H,4,7-10,12H2/t15-/m1/s1. The molecule has 1 saturated heterocycles. The number of carbonyl (C=O) groups is 1. The maximum absolute atomic E-state index is 13.4. The highest BCUT2D eigenvalue weighted by Crippen LogP contribution is 2.56. The molecule has 1 aliphatic carbocycles. The van der Waals surface area contributed by atoms with E-state index in [1.165, 1.54) is 11.3 Å². The van der Waals surface area contributed by atoms with Gasteiger partial charge in [0.25, 0.3) is 5.91 Å². The number of benzene rings is 1. The van der Waals surface area contributed by atoms with Crippen molar-refractivity contribution >= 4 is 17.2 Å². The first-order chi connectivity index (χ1) is 12.4. The summed E-state index contributed by atoms with van der Waals surface area (Å²) >= 11 is 1.30. The second-order valence-corrected chi connectivity index (χ2v) is 8.25. The minimum absolute atomic E-state index is 0.000410. The van der Waals surface area contributed by atoms with Crippen LogP contribution < -0.4 is 0 Å². The summed E-state index contributed by atoms with van der Waals surface area (Å²) in [5.41, 5.74) is 0.154. The van der Waals surface area contributed by atoms with Crippen molar-refractivity contribution in [2.45, 2.75) is 31.9 Å². The molecule has 1 saturated carbocycles. The van der Waals surface area contributed by atoms with Gasteiger partial charge in [0.15, 0.2) is 0 Å². The van der Waals surface area contributed by atoms with Crippen LogP contribution in [0.15, 0.2) is 36.5 Å². The zero-order valence-electron chi connectivity index (χ0n) is 14.1. The topological polar surface area (TPSA) is 33.2 Å². The van der Waals surface area contributed by atoms with Crippen LogP contribution in [0, 0.1) is 11.3 Å². The Morgan fingerprint density at radius 3 is 2.58 bits per heavy atom. The van der Waals surface area contributed by atoms with Crippen molar-refractivity contribution in [1.82, 2.24) is 9.88 Å². The van der Waals surface area contributed by atoms with E-state index in [0.717, 1.165) is 17.0 Å². The summed E-state index contributed by atoms with van der Waals surface area (Å²) in [5, 5.41) is 0.748. The lowest BCUT2D eigenvalue weighted by molar-refractivity contribution is -0.235. The van der Waals surface area contributed by atoms with Gasteiger partial charge >= 0.3 is 6.18 Å². The molecule has 2 fully saturated rings. The monoisotopic (exact) mass is 380 g/mol. The number of rotatable bonds is 2. The van der Waals surface area contributed by atoms with Gasteiger partial charge in [0.2, 0.25) is 0 Å². The molecule has 1 spiro atoms. The number of halogens is 3. The van der Waals surface area contributed by atoms with Crippen molar-refractivity contribution in [2.24, 2.45) is 11.3 Å². The molecule has 7 heteroatoms. The Morgan fingerprint density at radius 1 is 1.23 bits per heavy atom. The highest BCUT2D eigenvalue weighted by molar-refractivity contribution is 7.16. The predicted octanol–water partition coefficient (Wildman–Crippen LogP) is 5.00. The number of aromatic nitrogens is 1. The molecule has 26 heavy (non-hydrogen) atoms. The third-order valence-electron chi connectivity index (χ3n) is 5.70.